The summed E-state index contributed by atoms with van der Waals surface area (Å²) in [5, 5.41) is 13.5. The summed E-state index contributed by atoms with van der Waals surface area (Å²) in [7, 11) is 1.53. The molecule has 0 fully saturated rings. The summed E-state index contributed by atoms with van der Waals surface area (Å²) in [5.74, 6) is -0.665. The number of carbonyl (C=O) groups excluding carboxylic acids is 4. The molecule has 0 bridgehead atoms. The lowest BCUT2D eigenvalue weighted by molar-refractivity contribution is -0.119. The van der Waals surface area contributed by atoms with Crippen LogP contribution in [0.15, 0.2) is 125 Å². The molecule has 1 atom stereocenters. The van der Waals surface area contributed by atoms with Gasteiger partial charge in [-0.3, -0.25) is 19.2 Å². The van der Waals surface area contributed by atoms with Crippen molar-refractivity contribution in [2.24, 2.45) is 5.10 Å². The van der Waals surface area contributed by atoms with E-state index in [2.05, 4.69) is 21.1 Å². The summed E-state index contributed by atoms with van der Waals surface area (Å²) in [6.07, 6.45) is 2.06. The summed E-state index contributed by atoms with van der Waals surface area (Å²) in [6, 6.07) is 31.9. The van der Waals surface area contributed by atoms with E-state index in [1.165, 1.54) is 23.9 Å². The highest BCUT2D eigenvalue weighted by molar-refractivity contribution is 8.00. The van der Waals surface area contributed by atoms with Gasteiger partial charge in [0.05, 0.1) is 24.5 Å². The third-order valence-corrected chi connectivity index (χ3v) is 8.40. The highest BCUT2D eigenvalue weighted by Gasteiger charge is 2.28. The van der Waals surface area contributed by atoms with Crippen LogP contribution in [-0.2, 0) is 14.4 Å². The van der Waals surface area contributed by atoms with Crippen LogP contribution in [0.4, 0.5) is 11.4 Å². The zero-order valence-electron chi connectivity index (χ0n) is 25.8. The number of carbonyl (C=O) groups is 4. The molecule has 3 N–H and O–H groups in total. The van der Waals surface area contributed by atoms with E-state index in [4.69, 9.17) is 4.74 Å². The number of rotatable bonds is 11. The molecule has 5 rings (SSSR count). The Kier molecular flexibility index (Phi) is 10.8. The zero-order chi connectivity index (χ0) is 33.2. The molecule has 4 amide bonds. The lowest BCUT2D eigenvalue weighted by Gasteiger charge is -2.16. The Hall–Kier alpha value is -5.68. The lowest BCUT2D eigenvalue weighted by Crippen LogP contribution is -2.36. The topological polar surface area (TPSA) is 129 Å². The number of ether oxygens (including phenoxy) is 1. The van der Waals surface area contributed by atoms with Gasteiger partial charge in [-0.15, -0.1) is 11.8 Å². The van der Waals surface area contributed by atoms with Gasteiger partial charge in [-0.05, 0) is 61.0 Å². The predicted octanol–water partition coefficient (Wildman–Crippen LogP) is 5.84. The SMILES string of the molecule is CCC(Sc1cccc(NC(=O)/C(=C\c2ccccc2OC)NC(=O)c2ccccc2)c1)C(=O)NC1=NN(c2ccccc2)C(=O)C1. The van der Waals surface area contributed by atoms with Crippen LogP contribution in [-0.4, -0.2) is 41.8 Å². The molecule has 1 heterocycles. The van der Waals surface area contributed by atoms with Crippen LogP contribution in [0, 0.1) is 0 Å². The van der Waals surface area contributed by atoms with Gasteiger partial charge in [0.25, 0.3) is 17.7 Å². The number of amides is 4. The number of hydrogen-bond donors (Lipinski definition) is 3. The van der Waals surface area contributed by atoms with Crippen LogP contribution in [0.2, 0.25) is 0 Å². The molecule has 0 saturated carbocycles. The van der Waals surface area contributed by atoms with Crippen molar-refractivity contribution in [1.82, 2.24) is 10.6 Å². The van der Waals surface area contributed by atoms with E-state index in [0.717, 1.165) is 4.90 Å². The van der Waals surface area contributed by atoms with E-state index in [0.29, 0.717) is 34.7 Å². The second-order valence-electron chi connectivity index (χ2n) is 10.4. The number of anilines is 2. The van der Waals surface area contributed by atoms with Crippen molar-refractivity contribution in [2.45, 2.75) is 29.9 Å². The standard InChI is InChI=1S/C36H33N5O5S/c1-3-31(36(45)39-32-23-33(42)41(40-32)27-17-8-5-9-18-27)47-28-19-12-16-26(22-28)37-35(44)29(21-25-15-10-11-20-30(25)46-2)38-34(43)24-13-6-4-7-14-24/h4-22,31H,3,23H2,1-2H3,(H,37,44)(H,38,43)(H,39,40,45)/b29-21+. The van der Waals surface area contributed by atoms with Crippen LogP contribution < -0.4 is 25.7 Å². The number of hydrazone groups is 1. The Morgan fingerprint density at radius 1 is 0.915 bits per heavy atom. The van der Waals surface area contributed by atoms with E-state index in [1.54, 1.807) is 84.9 Å². The first-order chi connectivity index (χ1) is 22.8. The molecule has 0 spiro atoms. The van der Waals surface area contributed by atoms with Gasteiger partial charge in [0, 0.05) is 21.7 Å². The number of benzene rings is 4. The van der Waals surface area contributed by atoms with Crippen LogP contribution in [0.3, 0.4) is 0 Å². The minimum Gasteiger partial charge on any atom is -0.496 e. The van der Waals surface area contributed by atoms with E-state index in [-0.39, 0.29) is 29.8 Å². The Balaban J connectivity index is 1.29. The molecule has 47 heavy (non-hydrogen) atoms. The van der Waals surface area contributed by atoms with Gasteiger partial charge < -0.3 is 20.7 Å². The second kappa shape index (κ2) is 15.5. The maximum atomic E-state index is 13.6. The molecule has 238 valence electrons. The molecule has 4 aromatic rings. The largest absolute Gasteiger partial charge is 0.496 e. The fourth-order valence-electron chi connectivity index (χ4n) is 4.71. The van der Waals surface area contributed by atoms with Gasteiger partial charge in [0.1, 0.15) is 17.3 Å². The molecule has 0 radical (unpaired) electrons. The molecule has 1 aliphatic heterocycles. The van der Waals surface area contributed by atoms with E-state index >= 15 is 0 Å². The Morgan fingerprint density at radius 3 is 2.34 bits per heavy atom. The van der Waals surface area contributed by atoms with Crippen molar-refractivity contribution >= 4 is 58.7 Å². The minimum atomic E-state index is -0.543. The maximum Gasteiger partial charge on any atom is 0.272 e. The number of amidine groups is 1. The summed E-state index contributed by atoms with van der Waals surface area (Å²) < 4.78 is 5.44. The molecule has 0 aliphatic carbocycles. The Bertz CT molecular complexity index is 1830. The summed E-state index contributed by atoms with van der Waals surface area (Å²) in [4.78, 5) is 53.1. The molecule has 0 saturated heterocycles. The second-order valence-corrected chi connectivity index (χ2v) is 11.6. The first-order valence-electron chi connectivity index (χ1n) is 14.9. The normalized spacial score (nSPS) is 13.4. The predicted molar refractivity (Wildman–Crippen MR) is 184 cm³/mol. The molecular weight excluding hydrogens is 614 g/mol. The highest BCUT2D eigenvalue weighted by atomic mass is 32.2. The third-order valence-electron chi connectivity index (χ3n) is 7.04. The van der Waals surface area contributed by atoms with E-state index in [9.17, 15) is 19.2 Å². The zero-order valence-corrected chi connectivity index (χ0v) is 26.6. The molecular formula is C36H33N5O5S. The van der Waals surface area contributed by atoms with Crippen LogP contribution in [0.25, 0.3) is 6.08 Å². The van der Waals surface area contributed by atoms with Crippen molar-refractivity contribution in [2.75, 3.05) is 17.4 Å². The van der Waals surface area contributed by atoms with E-state index < -0.39 is 17.1 Å². The molecule has 1 unspecified atom stereocenters. The third kappa shape index (κ3) is 8.53. The summed E-state index contributed by atoms with van der Waals surface area (Å²) in [6.45, 7) is 1.89. The van der Waals surface area contributed by atoms with Gasteiger partial charge in [0.15, 0.2) is 0 Å². The van der Waals surface area contributed by atoms with Gasteiger partial charge in [-0.1, -0.05) is 67.6 Å². The molecule has 4 aromatic carbocycles. The Morgan fingerprint density at radius 2 is 1.62 bits per heavy atom. The average molecular weight is 648 g/mol. The fraction of sp³-hybridized carbons (Fsp3) is 0.139. The van der Waals surface area contributed by atoms with Crippen molar-refractivity contribution in [3.05, 3.63) is 126 Å². The molecule has 0 aromatic heterocycles. The summed E-state index contributed by atoms with van der Waals surface area (Å²) in [5.41, 5.74) is 2.12. The average Bonchev–Trinajstić information content (AvgIpc) is 3.47. The number of thioether (sulfide) groups is 1. The first kappa shape index (κ1) is 32.7. The van der Waals surface area contributed by atoms with Gasteiger partial charge in [-0.25, -0.2) is 0 Å². The van der Waals surface area contributed by atoms with Gasteiger partial charge >= 0.3 is 0 Å². The van der Waals surface area contributed by atoms with Crippen molar-refractivity contribution in [3.8, 4) is 5.75 Å². The number of nitrogens with zero attached hydrogens (tertiary/aromatic N) is 2. The molecule has 1 aliphatic rings. The van der Waals surface area contributed by atoms with Crippen molar-refractivity contribution in [3.63, 3.8) is 0 Å². The number of nitrogens with one attached hydrogen (secondary N) is 3. The van der Waals surface area contributed by atoms with Gasteiger partial charge in [0.2, 0.25) is 5.91 Å². The quantitative estimate of drug-likeness (QED) is 0.139. The van der Waals surface area contributed by atoms with Gasteiger partial charge in [-0.2, -0.15) is 10.1 Å². The number of para-hydroxylation sites is 2. The summed E-state index contributed by atoms with van der Waals surface area (Å²) >= 11 is 1.33. The van der Waals surface area contributed by atoms with Crippen molar-refractivity contribution in [1.29, 1.82) is 0 Å². The fourth-order valence-corrected chi connectivity index (χ4v) is 5.72. The first-order valence-corrected chi connectivity index (χ1v) is 15.8. The minimum absolute atomic E-state index is 0.00519. The molecule has 11 heteroatoms. The van der Waals surface area contributed by atoms with Crippen LogP contribution in [0.5, 0.6) is 5.75 Å². The number of methoxy groups -OCH3 is 1. The van der Waals surface area contributed by atoms with Crippen molar-refractivity contribution < 1.29 is 23.9 Å². The Labute approximate surface area is 276 Å². The highest BCUT2D eigenvalue weighted by Crippen LogP contribution is 2.29. The monoisotopic (exact) mass is 647 g/mol. The maximum absolute atomic E-state index is 13.6. The molecule has 10 nitrogen and oxygen atoms in total. The van der Waals surface area contributed by atoms with Crippen LogP contribution in [0.1, 0.15) is 35.7 Å². The number of hydrogen-bond acceptors (Lipinski definition) is 7. The van der Waals surface area contributed by atoms with E-state index in [1.807, 2.05) is 37.3 Å². The lowest BCUT2D eigenvalue weighted by atomic mass is 10.1. The smallest absolute Gasteiger partial charge is 0.272 e. The van der Waals surface area contributed by atoms with Crippen LogP contribution >= 0.6 is 11.8 Å².